The molecule has 0 saturated carbocycles. The number of thiophene rings is 1. The van der Waals surface area contributed by atoms with Crippen LogP contribution in [0, 0.1) is 6.92 Å². The van der Waals surface area contributed by atoms with E-state index >= 15 is 0 Å². The minimum atomic E-state index is -0.908. The number of fused-ring (bicyclic) bond motifs is 1. The van der Waals surface area contributed by atoms with Crippen LogP contribution in [0.3, 0.4) is 0 Å². The first-order chi connectivity index (χ1) is 13.0. The third-order valence-electron chi connectivity index (χ3n) is 4.92. The number of nitrogens with zero attached hydrogens (tertiary/aromatic N) is 4. The van der Waals surface area contributed by atoms with Crippen LogP contribution in [0.5, 0.6) is 0 Å². The summed E-state index contributed by atoms with van der Waals surface area (Å²) < 4.78 is 5.36. The van der Waals surface area contributed by atoms with Crippen LogP contribution in [0.15, 0.2) is 11.6 Å². The number of aromatic carboxylic acids is 1. The van der Waals surface area contributed by atoms with Gasteiger partial charge in [-0.2, -0.15) is 0 Å². The fraction of sp³-hybridized carbons (Fsp3) is 0.444. The number of carboxylic acid groups (broad SMARTS) is 1. The summed E-state index contributed by atoms with van der Waals surface area (Å²) in [6.07, 6.45) is 2.24. The van der Waals surface area contributed by atoms with E-state index < -0.39 is 5.97 Å². The molecule has 0 radical (unpaired) electrons. The maximum atomic E-state index is 13.1. The molecule has 1 N–H and O–H groups in total. The van der Waals surface area contributed by atoms with Crippen molar-refractivity contribution in [1.29, 1.82) is 0 Å². The van der Waals surface area contributed by atoms with E-state index in [9.17, 15) is 14.7 Å². The lowest BCUT2D eigenvalue weighted by atomic mass is 10.0. The second kappa shape index (κ2) is 7.24. The maximum Gasteiger partial charge on any atom is 0.336 e. The van der Waals surface area contributed by atoms with Crippen molar-refractivity contribution in [3.8, 4) is 0 Å². The molecule has 142 valence electrons. The van der Waals surface area contributed by atoms with Crippen molar-refractivity contribution >= 4 is 29.2 Å². The Balaban J connectivity index is 1.56. The number of hydrogen-bond donors (Lipinski definition) is 1. The van der Waals surface area contributed by atoms with Gasteiger partial charge in [0, 0.05) is 36.1 Å². The zero-order valence-corrected chi connectivity index (χ0v) is 15.8. The van der Waals surface area contributed by atoms with Gasteiger partial charge in [-0.05, 0) is 24.5 Å². The van der Waals surface area contributed by atoms with Crippen LogP contribution >= 0.6 is 11.3 Å². The summed E-state index contributed by atoms with van der Waals surface area (Å²) in [5, 5.41) is 10.9. The molecular weight excluding hydrogens is 368 g/mol. The fourth-order valence-electron chi connectivity index (χ4n) is 3.40. The average molecular weight is 388 g/mol. The van der Waals surface area contributed by atoms with Gasteiger partial charge in [0.1, 0.15) is 5.69 Å². The normalized spacial score (nSPS) is 16.9. The molecule has 27 heavy (non-hydrogen) atoms. The van der Waals surface area contributed by atoms with Crippen molar-refractivity contribution in [2.75, 3.05) is 37.7 Å². The topological polar surface area (TPSA) is 95.9 Å². The highest BCUT2D eigenvalue weighted by molar-refractivity contribution is 7.10. The SMILES string of the molecule is Cc1cnc(N2CCOCC2)nc1C(=O)N1CCc2c(C(=O)O)csc2C1. The lowest BCUT2D eigenvalue weighted by Crippen LogP contribution is -2.39. The number of amides is 1. The minimum Gasteiger partial charge on any atom is -0.478 e. The van der Waals surface area contributed by atoms with Crippen LogP contribution < -0.4 is 4.90 Å². The fourth-order valence-corrected chi connectivity index (χ4v) is 4.48. The van der Waals surface area contributed by atoms with Crippen LogP contribution in [-0.2, 0) is 17.7 Å². The van der Waals surface area contributed by atoms with Gasteiger partial charge in [-0.15, -0.1) is 11.3 Å². The van der Waals surface area contributed by atoms with Gasteiger partial charge >= 0.3 is 5.97 Å². The number of anilines is 1. The molecule has 2 aliphatic heterocycles. The summed E-state index contributed by atoms with van der Waals surface area (Å²) in [6.45, 7) is 5.40. The van der Waals surface area contributed by atoms with E-state index in [-0.39, 0.29) is 5.91 Å². The number of morpholine rings is 1. The number of ether oxygens (including phenoxy) is 1. The second-order valence-corrected chi connectivity index (χ2v) is 7.60. The standard InChI is InChI=1S/C18H20N4O4S/c1-11-8-19-18(21-4-6-26-7-5-21)20-15(11)16(23)22-3-2-12-13(17(24)25)10-27-14(12)9-22/h8,10H,2-7,9H2,1H3,(H,24,25). The zero-order chi connectivity index (χ0) is 19.0. The van der Waals surface area contributed by atoms with Gasteiger partial charge in [0.05, 0.1) is 25.3 Å². The molecule has 1 fully saturated rings. The third-order valence-corrected chi connectivity index (χ3v) is 5.93. The van der Waals surface area contributed by atoms with E-state index in [0.29, 0.717) is 63.0 Å². The van der Waals surface area contributed by atoms with E-state index in [1.165, 1.54) is 11.3 Å². The van der Waals surface area contributed by atoms with Crippen LogP contribution in [0.25, 0.3) is 0 Å². The highest BCUT2D eigenvalue weighted by Crippen LogP contribution is 2.29. The minimum absolute atomic E-state index is 0.139. The molecule has 2 aliphatic rings. The number of rotatable bonds is 3. The molecular formula is C18H20N4O4S. The van der Waals surface area contributed by atoms with Gasteiger partial charge in [-0.3, -0.25) is 4.79 Å². The van der Waals surface area contributed by atoms with Crippen molar-refractivity contribution in [3.63, 3.8) is 0 Å². The highest BCUT2D eigenvalue weighted by atomic mass is 32.1. The van der Waals surface area contributed by atoms with E-state index in [2.05, 4.69) is 9.97 Å². The Morgan fingerprint density at radius 2 is 2.04 bits per heavy atom. The molecule has 4 rings (SSSR count). The van der Waals surface area contributed by atoms with E-state index in [4.69, 9.17) is 4.74 Å². The predicted octanol–water partition coefficient (Wildman–Crippen LogP) is 1.58. The van der Waals surface area contributed by atoms with Gasteiger partial charge < -0.3 is 19.6 Å². The summed E-state index contributed by atoms with van der Waals surface area (Å²) in [4.78, 5) is 38.0. The molecule has 0 aromatic carbocycles. The van der Waals surface area contributed by atoms with E-state index in [1.807, 2.05) is 11.8 Å². The number of carboxylic acids is 1. The Kier molecular flexibility index (Phi) is 4.79. The Morgan fingerprint density at radius 3 is 2.78 bits per heavy atom. The average Bonchev–Trinajstić information content (AvgIpc) is 3.12. The molecule has 0 unspecified atom stereocenters. The molecule has 8 nitrogen and oxygen atoms in total. The van der Waals surface area contributed by atoms with Crippen LogP contribution in [0.2, 0.25) is 0 Å². The Bertz CT molecular complexity index is 891. The molecule has 2 aromatic rings. The predicted molar refractivity (Wildman–Crippen MR) is 99.5 cm³/mol. The molecule has 0 spiro atoms. The van der Waals surface area contributed by atoms with Crippen molar-refractivity contribution in [2.45, 2.75) is 19.9 Å². The van der Waals surface area contributed by atoms with Crippen LogP contribution in [0.1, 0.15) is 36.9 Å². The maximum absolute atomic E-state index is 13.1. The van der Waals surface area contributed by atoms with E-state index in [1.54, 1.807) is 16.5 Å². The van der Waals surface area contributed by atoms with Gasteiger partial charge in [0.2, 0.25) is 5.95 Å². The highest BCUT2D eigenvalue weighted by Gasteiger charge is 2.28. The first-order valence-electron chi connectivity index (χ1n) is 8.82. The quantitative estimate of drug-likeness (QED) is 0.853. The molecule has 9 heteroatoms. The zero-order valence-electron chi connectivity index (χ0n) is 15.0. The lowest BCUT2D eigenvalue weighted by Gasteiger charge is -2.29. The molecule has 1 amide bonds. The smallest absolute Gasteiger partial charge is 0.336 e. The Morgan fingerprint density at radius 1 is 1.26 bits per heavy atom. The summed E-state index contributed by atoms with van der Waals surface area (Å²) in [5.74, 6) is -0.497. The van der Waals surface area contributed by atoms with E-state index in [0.717, 1.165) is 16.0 Å². The number of carbonyl (C=O) groups excluding carboxylic acids is 1. The summed E-state index contributed by atoms with van der Waals surface area (Å²) in [7, 11) is 0. The van der Waals surface area contributed by atoms with Gasteiger partial charge in [-0.25, -0.2) is 14.8 Å². The number of aryl methyl sites for hydroxylation is 1. The van der Waals surface area contributed by atoms with Gasteiger partial charge in [0.25, 0.3) is 5.91 Å². The summed E-state index contributed by atoms with van der Waals surface area (Å²) in [6, 6.07) is 0. The van der Waals surface area contributed by atoms with Gasteiger partial charge in [-0.1, -0.05) is 0 Å². The number of carbonyl (C=O) groups is 2. The number of aromatic nitrogens is 2. The van der Waals surface area contributed by atoms with Crippen molar-refractivity contribution in [2.24, 2.45) is 0 Å². The summed E-state index contributed by atoms with van der Waals surface area (Å²) >= 11 is 1.40. The Labute approximate surface area is 160 Å². The third kappa shape index (κ3) is 3.40. The summed E-state index contributed by atoms with van der Waals surface area (Å²) in [5.41, 5.74) is 2.35. The van der Waals surface area contributed by atoms with Crippen molar-refractivity contribution in [3.05, 3.63) is 38.8 Å². The number of hydrogen-bond acceptors (Lipinski definition) is 7. The molecule has 1 saturated heterocycles. The van der Waals surface area contributed by atoms with Crippen molar-refractivity contribution in [1.82, 2.24) is 14.9 Å². The van der Waals surface area contributed by atoms with Crippen molar-refractivity contribution < 1.29 is 19.4 Å². The van der Waals surface area contributed by atoms with Crippen LogP contribution in [0.4, 0.5) is 5.95 Å². The lowest BCUT2D eigenvalue weighted by molar-refractivity contribution is 0.0695. The molecule has 0 aliphatic carbocycles. The van der Waals surface area contributed by atoms with Gasteiger partial charge in [0.15, 0.2) is 0 Å². The monoisotopic (exact) mass is 388 g/mol. The molecule has 0 bridgehead atoms. The first kappa shape index (κ1) is 17.9. The first-order valence-corrected chi connectivity index (χ1v) is 9.70. The Hall–Kier alpha value is -2.52. The van der Waals surface area contributed by atoms with Crippen LogP contribution in [-0.4, -0.2) is 64.7 Å². The molecule has 4 heterocycles. The molecule has 0 atom stereocenters. The largest absolute Gasteiger partial charge is 0.478 e. The molecule has 2 aromatic heterocycles. The second-order valence-electron chi connectivity index (χ2n) is 6.63.